The number of likely N-dealkylation sites (tertiary alicyclic amines) is 1. The minimum Gasteiger partial charge on any atom is -0.349 e. The summed E-state index contributed by atoms with van der Waals surface area (Å²) in [6, 6.07) is 13.6. The zero-order valence-corrected chi connectivity index (χ0v) is 20.5. The van der Waals surface area contributed by atoms with Crippen molar-refractivity contribution in [3.63, 3.8) is 0 Å². The molecular weight excluding hydrogens is 450 g/mol. The highest BCUT2D eigenvalue weighted by Crippen LogP contribution is 2.37. The minimum atomic E-state index is -0.666. The second-order valence-corrected chi connectivity index (χ2v) is 9.52. The number of hydrogen-bond acceptors (Lipinski definition) is 4. The number of benzene rings is 1. The zero-order chi connectivity index (χ0) is 25.0. The Morgan fingerprint density at radius 1 is 1.08 bits per heavy atom. The third-order valence-electron chi connectivity index (χ3n) is 7.38. The quantitative estimate of drug-likeness (QED) is 0.572. The van der Waals surface area contributed by atoms with Crippen molar-refractivity contribution in [1.82, 2.24) is 24.8 Å². The molecule has 7 nitrogen and oxygen atoms in total. The van der Waals surface area contributed by atoms with Crippen molar-refractivity contribution in [3.8, 4) is 5.82 Å². The summed E-state index contributed by atoms with van der Waals surface area (Å²) < 4.78 is 1.79. The fourth-order valence-electron chi connectivity index (χ4n) is 5.15. The molecule has 1 N–H and O–H groups in total. The molecule has 3 aromatic rings. The van der Waals surface area contributed by atoms with Gasteiger partial charge < -0.3 is 10.2 Å². The normalized spacial score (nSPS) is 17.8. The van der Waals surface area contributed by atoms with Gasteiger partial charge in [0.05, 0.1) is 11.0 Å². The van der Waals surface area contributed by atoms with Crippen LogP contribution in [-0.4, -0.2) is 50.4 Å². The molecule has 0 radical (unpaired) electrons. The summed E-state index contributed by atoms with van der Waals surface area (Å²) in [5.41, 5.74) is 2.13. The molecule has 2 aliphatic rings. The molecule has 1 saturated heterocycles. The molecule has 5 rings (SSSR count). The topological polar surface area (TPSA) is 80.1 Å². The number of carbonyl (C=O) groups is 2. The summed E-state index contributed by atoms with van der Waals surface area (Å²) in [6.07, 6.45) is 16.2. The van der Waals surface area contributed by atoms with Crippen LogP contribution in [0.15, 0.2) is 91.2 Å². The molecule has 2 amide bonds. The van der Waals surface area contributed by atoms with Gasteiger partial charge >= 0.3 is 0 Å². The van der Waals surface area contributed by atoms with Crippen molar-refractivity contribution in [2.45, 2.75) is 44.1 Å². The number of piperidine rings is 1. The highest BCUT2D eigenvalue weighted by atomic mass is 16.2. The minimum absolute atomic E-state index is 0.0252. The fraction of sp³-hybridized carbons (Fsp3) is 0.310. The average molecular weight is 482 g/mol. The molecule has 1 aliphatic carbocycles. The molecule has 36 heavy (non-hydrogen) atoms. The first kappa shape index (κ1) is 23.7. The summed E-state index contributed by atoms with van der Waals surface area (Å²) in [4.78, 5) is 37.3. The van der Waals surface area contributed by atoms with Gasteiger partial charge in [-0.3, -0.25) is 14.2 Å². The van der Waals surface area contributed by atoms with E-state index in [0.29, 0.717) is 37.3 Å². The maximum atomic E-state index is 13.8. The van der Waals surface area contributed by atoms with Gasteiger partial charge in [-0.15, -0.1) is 0 Å². The number of hydrogen-bond donors (Lipinski definition) is 1. The van der Waals surface area contributed by atoms with Gasteiger partial charge in [-0.1, -0.05) is 48.6 Å². The van der Waals surface area contributed by atoms with Crippen LogP contribution in [-0.2, 0) is 10.2 Å². The number of imidazole rings is 1. The molecule has 184 valence electrons. The number of rotatable bonds is 6. The predicted molar refractivity (Wildman–Crippen MR) is 139 cm³/mol. The number of nitrogens with one attached hydrogen (secondary N) is 1. The van der Waals surface area contributed by atoms with E-state index in [2.05, 4.69) is 40.4 Å². The first-order valence-electron chi connectivity index (χ1n) is 12.5. The molecular formula is C29H31N5O2. The van der Waals surface area contributed by atoms with Crippen molar-refractivity contribution in [2.24, 2.45) is 0 Å². The standard InChI is InChI=1S/C29H31N5O2/c1-22(23-8-4-2-5-9-23)32-28(36)29(25-10-6-3-7-11-25)14-17-33(18-15-29)27(35)24-12-13-26(31-20-24)34-19-16-30-21-34/h2-4,6-8,10-13,16,19-22H,5,9,14-15,17-18H2,1H3,(H,32,36)/t22-/m0/s1. The van der Waals surface area contributed by atoms with Crippen LogP contribution < -0.4 is 5.32 Å². The first-order valence-corrected chi connectivity index (χ1v) is 12.5. The number of aromatic nitrogens is 3. The molecule has 1 aliphatic heterocycles. The Balaban J connectivity index is 1.31. The number of amides is 2. The molecule has 3 heterocycles. The Hall–Kier alpha value is -4.00. The number of pyridine rings is 1. The van der Waals surface area contributed by atoms with E-state index < -0.39 is 5.41 Å². The van der Waals surface area contributed by atoms with E-state index in [1.807, 2.05) is 47.5 Å². The Kier molecular flexibility index (Phi) is 6.80. The summed E-state index contributed by atoms with van der Waals surface area (Å²) in [5.74, 6) is 0.685. The Morgan fingerprint density at radius 3 is 2.53 bits per heavy atom. The van der Waals surface area contributed by atoms with Gasteiger partial charge in [0.2, 0.25) is 5.91 Å². The van der Waals surface area contributed by atoms with Crippen LogP contribution >= 0.6 is 0 Å². The lowest BCUT2D eigenvalue weighted by atomic mass is 9.71. The van der Waals surface area contributed by atoms with E-state index in [-0.39, 0.29) is 17.9 Å². The number of allylic oxidation sites excluding steroid dienone is 3. The lowest BCUT2D eigenvalue weighted by molar-refractivity contribution is -0.129. The molecule has 7 heteroatoms. The van der Waals surface area contributed by atoms with Crippen LogP contribution in [0.2, 0.25) is 0 Å². The van der Waals surface area contributed by atoms with Crippen LogP contribution in [0.3, 0.4) is 0 Å². The maximum absolute atomic E-state index is 13.8. The SMILES string of the molecule is C[C@H](NC(=O)C1(c2ccccc2)CCN(C(=O)c2ccc(-n3ccnc3)nc2)CC1)C1=CC=CCC1. The fourth-order valence-corrected chi connectivity index (χ4v) is 5.15. The van der Waals surface area contributed by atoms with Crippen molar-refractivity contribution in [2.75, 3.05) is 13.1 Å². The van der Waals surface area contributed by atoms with Crippen LogP contribution in [0.1, 0.15) is 48.5 Å². The van der Waals surface area contributed by atoms with Crippen molar-refractivity contribution < 1.29 is 9.59 Å². The number of carbonyl (C=O) groups excluding carboxylic acids is 2. The first-order chi connectivity index (χ1) is 17.6. The third kappa shape index (κ3) is 4.73. The van der Waals surface area contributed by atoms with E-state index >= 15 is 0 Å². The highest BCUT2D eigenvalue weighted by molar-refractivity contribution is 5.95. The van der Waals surface area contributed by atoms with Gasteiger partial charge in [0.1, 0.15) is 12.1 Å². The van der Waals surface area contributed by atoms with Gasteiger partial charge in [0, 0.05) is 37.7 Å². The van der Waals surface area contributed by atoms with E-state index in [9.17, 15) is 9.59 Å². The summed E-state index contributed by atoms with van der Waals surface area (Å²) in [7, 11) is 0. The van der Waals surface area contributed by atoms with Crippen molar-refractivity contribution >= 4 is 11.8 Å². The van der Waals surface area contributed by atoms with Gasteiger partial charge in [-0.25, -0.2) is 9.97 Å². The molecule has 0 bridgehead atoms. The summed E-state index contributed by atoms with van der Waals surface area (Å²) in [6.45, 7) is 3.06. The molecule has 2 aromatic heterocycles. The largest absolute Gasteiger partial charge is 0.349 e. The monoisotopic (exact) mass is 481 g/mol. The van der Waals surface area contributed by atoms with Crippen LogP contribution in [0.4, 0.5) is 0 Å². The molecule has 1 atom stereocenters. The third-order valence-corrected chi connectivity index (χ3v) is 7.38. The van der Waals surface area contributed by atoms with E-state index in [1.165, 1.54) is 5.57 Å². The Bertz CT molecular complexity index is 1250. The Morgan fingerprint density at radius 2 is 1.89 bits per heavy atom. The van der Waals surface area contributed by atoms with Crippen molar-refractivity contribution in [3.05, 3.63) is 102 Å². The van der Waals surface area contributed by atoms with Gasteiger partial charge in [0.25, 0.3) is 5.91 Å². The summed E-state index contributed by atoms with van der Waals surface area (Å²) >= 11 is 0. The lowest BCUT2D eigenvalue weighted by Gasteiger charge is -2.41. The van der Waals surface area contributed by atoms with Gasteiger partial charge in [0.15, 0.2) is 0 Å². The molecule has 1 fully saturated rings. The highest BCUT2D eigenvalue weighted by Gasteiger charge is 2.44. The van der Waals surface area contributed by atoms with Crippen LogP contribution in [0, 0.1) is 0 Å². The second-order valence-electron chi connectivity index (χ2n) is 9.52. The maximum Gasteiger partial charge on any atom is 0.255 e. The molecule has 0 spiro atoms. The summed E-state index contributed by atoms with van der Waals surface area (Å²) in [5, 5.41) is 3.29. The predicted octanol–water partition coefficient (Wildman–Crippen LogP) is 4.22. The van der Waals surface area contributed by atoms with Crippen LogP contribution in [0.25, 0.3) is 5.82 Å². The van der Waals surface area contributed by atoms with Gasteiger partial charge in [-0.2, -0.15) is 0 Å². The van der Waals surface area contributed by atoms with E-state index in [1.54, 1.807) is 29.4 Å². The molecule has 0 saturated carbocycles. The molecule has 0 unspecified atom stereocenters. The van der Waals surface area contributed by atoms with Crippen molar-refractivity contribution in [1.29, 1.82) is 0 Å². The number of nitrogens with zero attached hydrogens (tertiary/aromatic N) is 4. The Labute approximate surface area is 211 Å². The van der Waals surface area contributed by atoms with E-state index in [0.717, 1.165) is 18.4 Å². The van der Waals surface area contributed by atoms with Crippen LogP contribution in [0.5, 0.6) is 0 Å². The lowest BCUT2D eigenvalue weighted by Crippen LogP contribution is -2.54. The van der Waals surface area contributed by atoms with Gasteiger partial charge in [-0.05, 0) is 55.9 Å². The zero-order valence-electron chi connectivity index (χ0n) is 20.5. The van der Waals surface area contributed by atoms with E-state index in [4.69, 9.17) is 0 Å². The second kappa shape index (κ2) is 10.3. The smallest absolute Gasteiger partial charge is 0.255 e. The average Bonchev–Trinajstić information content (AvgIpc) is 3.49. The molecule has 1 aromatic carbocycles.